The van der Waals surface area contributed by atoms with Crippen LogP contribution in [0.5, 0.6) is 5.75 Å². The molecule has 1 N–H and O–H groups in total. The summed E-state index contributed by atoms with van der Waals surface area (Å²) in [4.78, 5) is 20.7. The zero-order valence-corrected chi connectivity index (χ0v) is 32.4. The van der Waals surface area contributed by atoms with E-state index in [0.29, 0.717) is 68.0 Å². The van der Waals surface area contributed by atoms with Crippen molar-refractivity contribution >= 4 is 33.2 Å². The van der Waals surface area contributed by atoms with Crippen LogP contribution >= 0.6 is 11.6 Å². The van der Waals surface area contributed by atoms with E-state index in [4.69, 9.17) is 21.1 Å². The molecule has 52 heavy (non-hydrogen) atoms. The quantitative estimate of drug-likeness (QED) is 0.364. The smallest absolute Gasteiger partial charge is 0.264 e. The van der Waals surface area contributed by atoms with Crippen LogP contribution in [-0.4, -0.2) is 95.0 Å². The van der Waals surface area contributed by atoms with Crippen molar-refractivity contribution in [2.75, 3.05) is 64.4 Å². The number of carbonyl (C=O) groups excluding carboxylic acids is 1. The van der Waals surface area contributed by atoms with Gasteiger partial charge in [-0.2, -0.15) is 0 Å². The Labute approximate surface area is 313 Å². The molecule has 1 amide bonds. The molecule has 0 radical (unpaired) electrons. The number of ether oxygens (including phenoxy) is 2. The molecule has 0 unspecified atom stereocenters. The van der Waals surface area contributed by atoms with E-state index < -0.39 is 21.2 Å². The highest BCUT2D eigenvalue weighted by Crippen LogP contribution is 2.45. The molecule has 0 aromatic heterocycles. The Morgan fingerprint density at radius 2 is 1.92 bits per heavy atom. The lowest BCUT2D eigenvalue weighted by molar-refractivity contribution is -0.120. The summed E-state index contributed by atoms with van der Waals surface area (Å²) in [5, 5.41) is -0.742. The molecule has 12 heteroatoms. The number of benzene rings is 2. The first-order chi connectivity index (χ1) is 24.9. The Morgan fingerprint density at radius 3 is 2.63 bits per heavy atom. The summed E-state index contributed by atoms with van der Waals surface area (Å²) < 4.78 is 58.6. The predicted octanol–water partition coefficient (Wildman–Crippen LogP) is 6.15. The Bertz CT molecular complexity index is 1760. The summed E-state index contributed by atoms with van der Waals surface area (Å²) in [7, 11) is -1.87. The third-order valence-corrected chi connectivity index (χ3v) is 14.9. The van der Waals surface area contributed by atoms with Crippen molar-refractivity contribution in [3.8, 4) is 5.75 Å². The van der Waals surface area contributed by atoms with Gasteiger partial charge in [0.1, 0.15) is 11.6 Å². The molecule has 3 fully saturated rings. The molecule has 1 spiro atoms. The third kappa shape index (κ3) is 7.63. The number of allylic oxidation sites excluding steroid dienone is 1. The number of hydrogen-bond donors (Lipinski definition) is 1. The molecule has 4 aliphatic heterocycles. The lowest BCUT2D eigenvalue weighted by atomic mass is 9.68. The summed E-state index contributed by atoms with van der Waals surface area (Å²) in [5.74, 6) is -0.425. The van der Waals surface area contributed by atoms with E-state index in [1.54, 1.807) is 31.2 Å². The number of sulfonamides is 1. The van der Waals surface area contributed by atoms with Gasteiger partial charge < -0.3 is 19.3 Å². The molecule has 1 saturated carbocycles. The Hall–Kier alpha value is -2.70. The molecule has 2 saturated heterocycles. The molecular formula is C40H54ClFN4O5S. The van der Waals surface area contributed by atoms with E-state index in [-0.39, 0.29) is 46.2 Å². The van der Waals surface area contributed by atoms with E-state index in [1.165, 1.54) is 0 Å². The van der Waals surface area contributed by atoms with E-state index in [0.717, 1.165) is 57.5 Å². The number of rotatable bonds is 5. The normalized spacial score (nSPS) is 30.7. The molecule has 4 heterocycles. The van der Waals surface area contributed by atoms with Crippen LogP contribution in [0.2, 0.25) is 5.02 Å². The fourth-order valence-corrected chi connectivity index (χ4v) is 11.0. The monoisotopic (exact) mass is 756 g/mol. The maximum Gasteiger partial charge on any atom is 0.264 e. The first kappa shape index (κ1) is 37.6. The molecule has 6 atom stereocenters. The second-order valence-electron chi connectivity index (χ2n) is 16.3. The van der Waals surface area contributed by atoms with E-state index in [1.807, 2.05) is 19.1 Å². The number of likely N-dealkylation sites (tertiary alicyclic amines) is 2. The van der Waals surface area contributed by atoms with Gasteiger partial charge in [-0.3, -0.25) is 9.69 Å². The minimum atomic E-state index is -4.04. The largest absolute Gasteiger partial charge is 0.491 e. The highest BCUT2D eigenvalue weighted by atomic mass is 35.5. The topological polar surface area (TPSA) is 91.4 Å². The van der Waals surface area contributed by atoms with Gasteiger partial charge in [0.25, 0.3) is 5.91 Å². The van der Waals surface area contributed by atoms with Crippen molar-refractivity contribution in [1.82, 2.24) is 14.5 Å². The van der Waals surface area contributed by atoms with Crippen molar-refractivity contribution in [3.63, 3.8) is 0 Å². The minimum absolute atomic E-state index is 0.0987. The zero-order chi connectivity index (χ0) is 36.8. The summed E-state index contributed by atoms with van der Waals surface area (Å²) in [5.41, 5.74) is 2.80. The van der Waals surface area contributed by atoms with Gasteiger partial charge in [-0.05, 0) is 112 Å². The molecule has 5 aliphatic rings. The summed E-state index contributed by atoms with van der Waals surface area (Å²) >= 11 is 6.29. The average molecular weight is 757 g/mol. The number of hydrogen-bond acceptors (Lipinski definition) is 8. The van der Waals surface area contributed by atoms with E-state index >= 15 is 4.39 Å². The van der Waals surface area contributed by atoms with Crippen molar-refractivity contribution in [1.29, 1.82) is 0 Å². The molecule has 2 bridgehead atoms. The molecule has 9 nitrogen and oxygen atoms in total. The maximum absolute atomic E-state index is 15.6. The molecular weight excluding hydrogens is 703 g/mol. The second kappa shape index (κ2) is 15.2. The molecule has 2 aromatic rings. The van der Waals surface area contributed by atoms with Gasteiger partial charge in [0.2, 0.25) is 10.0 Å². The third-order valence-electron chi connectivity index (χ3n) is 12.7. The highest BCUT2D eigenvalue weighted by molar-refractivity contribution is 7.90. The lowest BCUT2D eigenvalue weighted by Crippen LogP contribution is -2.71. The minimum Gasteiger partial charge on any atom is -0.491 e. The van der Waals surface area contributed by atoms with Gasteiger partial charge in [0.15, 0.2) is 0 Å². The van der Waals surface area contributed by atoms with Crippen LogP contribution in [0.1, 0.15) is 67.4 Å². The molecule has 2 aromatic carbocycles. The summed E-state index contributed by atoms with van der Waals surface area (Å²) in [6, 6.07) is 8.63. The van der Waals surface area contributed by atoms with Crippen molar-refractivity contribution in [2.24, 2.45) is 29.1 Å². The van der Waals surface area contributed by atoms with Crippen LogP contribution < -0.4 is 14.4 Å². The zero-order valence-electron chi connectivity index (χ0n) is 30.8. The van der Waals surface area contributed by atoms with Crippen molar-refractivity contribution in [3.05, 3.63) is 70.5 Å². The van der Waals surface area contributed by atoms with Crippen LogP contribution in [0, 0.1) is 34.9 Å². The summed E-state index contributed by atoms with van der Waals surface area (Å²) in [6.07, 6.45) is 6.39. The van der Waals surface area contributed by atoms with Gasteiger partial charge in [-0.15, -0.1) is 6.58 Å². The molecule has 284 valence electrons. The standard InChI is InChI=1S/C40H54ClFN4O5S/c1-5-28-19-37(51-17-15-45-24-40(25-45)22-44(4)23-40)32-12-9-30(32)20-46-21-31-10-13-34(41)38(42)33(31)8-6-7-16-50-36-14-11-29(18-35(36)46)39(47)43-52(48,49)27(3)26(28)2/h5,10-11,13-14,18,26-28,30,32,37H,1,6-9,12,15-17,19-25H2,2-4H3,(H,43,47)/t26-,27-,28+,30+,32-,37+/m1/s1. The number of carbonyl (C=O) groups is 1. The number of halogens is 2. The second-order valence-corrected chi connectivity index (χ2v) is 18.8. The maximum atomic E-state index is 15.6. The van der Waals surface area contributed by atoms with Gasteiger partial charge in [0, 0.05) is 56.8 Å². The van der Waals surface area contributed by atoms with Gasteiger partial charge in [-0.25, -0.2) is 17.5 Å². The fraction of sp³-hybridized carbons (Fsp3) is 0.625. The number of nitrogens with one attached hydrogen (secondary N) is 1. The number of anilines is 1. The van der Waals surface area contributed by atoms with E-state index in [2.05, 4.69) is 33.0 Å². The van der Waals surface area contributed by atoms with Crippen LogP contribution in [-0.2, 0) is 27.7 Å². The first-order valence-corrected chi connectivity index (χ1v) is 21.0. The van der Waals surface area contributed by atoms with Gasteiger partial charge in [-0.1, -0.05) is 30.7 Å². The molecule has 7 rings (SSSR count). The van der Waals surface area contributed by atoms with Gasteiger partial charge in [0.05, 0.1) is 35.3 Å². The number of amides is 1. The lowest BCUT2D eigenvalue weighted by Gasteiger charge is -2.59. The van der Waals surface area contributed by atoms with Crippen molar-refractivity contribution < 1.29 is 27.1 Å². The number of fused-ring (bicyclic) bond motifs is 3. The van der Waals surface area contributed by atoms with Crippen molar-refractivity contribution in [2.45, 2.75) is 70.3 Å². The van der Waals surface area contributed by atoms with Crippen LogP contribution in [0.4, 0.5) is 10.1 Å². The highest BCUT2D eigenvalue weighted by Gasteiger charge is 2.50. The molecule has 1 aliphatic carbocycles. The Balaban J connectivity index is 1.23. The Morgan fingerprint density at radius 1 is 1.13 bits per heavy atom. The fourth-order valence-electron chi connectivity index (χ4n) is 9.48. The van der Waals surface area contributed by atoms with Crippen LogP contribution in [0.25, 0.3) is 0 Å². The SMILES string of the molecule is C=C[C@H]1C[C@H](OCCN2CC3(CN(C)C3)C2)[C@@H]2CC[C@H]2CN2Cc3ccc(Cl)c(F)c3CCCCOc3ccc(cc32)C(=O)NS(=O)(=O)[C@H](C)[C@H]1C. The van der Waals surface area contributed by atoms with Gasteiger partial charge >= 0.3 is 0 Å². The van der Waals surface area contributed by atoms with Crippen LogP contribution in [0.15, 0.2) is 43.0 Å². The van der Waals surface area contributed by atoms with Crippen LogP contribution in [0.3, 0.4) is 0 Å². The first-order valence-electron chi connectivity index (χ1n) is 19.0. The summed E-state index contributed by atoms with van der Waals surface area (Å²) in [6.45, 7) is 15.2. The van der Waals surface area contributed by atoms with E-state index in [9.17, 15) is 13.2 Å². The predicted molar refractivity (Wildman–Crippen MR) is 203 cm³/mol. The Kier molecular flexibility index (Phi) is 11.0. The average Bonchev–Trinajstić information content (AvgIpc) is 3.10. The number of nitrogens with zero attached hydrogens (tertiary/aromatic N) is 3.